The highest BCUT2D eigenvalue weighted by Crippen LogP contribution is 2.34. The van der Waals surface area contributed by atoms with Gasteiger partial charge in [-0.25, -0.2) is 0 Å². The topological polar surface area (TPSA) is 168 Å². The van der Waals surface area contributed by atoms with Gasteiger partial charge in [-0.15, -0.1) is 23.5 Å². The molecule has 0 bridgehead atoms. The van der Waals surface area contributed by atoms with Gasteiger partial charge in [0.1, 0.15) is 5.78 Å². The van der Waals surface area contributed by atoms with Crippen LogP contribution in [0.15, 0.2) is 40.6 Å². The molecule has 1 fully saturated rings. The molecule has 9 atom stereocenters. The van der Waals surface area contributed by atoms with Crippen molar-refractivity contribution >= 4 is 64.6 Å². The van der Waals surface area contributed by atoms with E-state index in [1.165, 1.54) is 19.1 Å². The van der Waals surface area contributed by atoms with Crippen molar-refractivity contribution in [1.29, 1.82) is 0 Å². The Hall–Kier alpha value is -3.53. The molecule has 1 aromatic carbocycles. The fraction of sp³-hybridized carbons (Fsp3) is 0.700. The summed E-state index contributed by atoms with van der Waals surface area (Å²) < 4.78 is 12.0. The van der Waals surface area contributed by atoms with Crippen molar-refractivity contribution < 1.29 is 48.1 Å². The molecule has 364 valence electrons. The monoisotopic (exact) mass is 944 g/mol. The molecule has 1 saturated heterocycles. The summed E-state index contributed by atoms with van der Waals surface area (Å²) in [5.41, 5.74) is 0.834. The quantitative estimate of drug-likeness (QED) is 0.0772. The Kier molecular flexibility index (Phi) is 23.5. The van der Waals surface area contributed by atoms with Crippen LogP contribution < -0.4 is 0 Å². The number of likely N-dealkylation sites (tertiary alicyclic amines) is 1. The summed E-state index contributed by atoms with van der Waals surface area (Å²) in [7, 11) is 6.41. The van der Waals surface area contributed by atoms with Gasteiger partial charge in [0.25, 0.3) is 0 Å². The Bertz CT molecular complexity index is 1790. The molecule has 65 heavy (non-hydrogen) atoms. The first-order valence-corrected chi connectivity index (χ1v) is 25.5. The normalized spacial score (nSPS) is 18.9. The third kappa shape index (κ3) is 15.8. The molecule has 15 heteroatoms. The van der Waals surface area contributed by atoms with Crippen molar-refractivity contribution in [2.45, 2.75) is 149 Å². The molecular formula is C50H77N3O10S2. The maximum absolute atomic E-state index is 14.6. The van der Waals surface area contributed by atoms with E-state index in [9.17, 15) is 38.7 Å². The number of benzene rings is 1. The Balaban J connectivity index is 1.72. The number of carboxylic acid groups (broad SMARTS) is 1. The van der Waals surface area contributed by atoms with Crippen molar-refractivity contribution in [3.05, 3.63) is 46.2 Å². The van der Waals surface area contributed by atoms with Crippen LogP contribution in [0.3, 0.4) is 0 Å². The maximum atomic E-state index is 14.6. The first kappa shape index (κ1) is 55.8. The fourth-order valence-electron chi connectivity index (χ4n) is 9.56. The largest absolute Gasteiger partial charge is 0.481 e. The van der Waals surface area contributed by atoms with E-state index >= 15 is 0 Å². The molecule has 3 rings (SSSR count). The number of thioether (sulfide) groups is 2. The Morgan fingerprint density at radius 2 is 1.51 bits per heavy atom. The summed E-state index contributed by atoms with van der Waals surface area (Å²) in [4.78, 5) is 101. The van der Waals surface area contributed by atoms with E-state index in [2.05, 4.69) is 0 Å². The number of hydrogen-bond donors (Lipinski definition) is 1. The van der Waals surface area contributed by atoms with Crippen LogP contribution >= 0.6 is 23.5 Å². The van der Waals surface area contributed by atoms with Crippen LogP contribution in [0, 0.1) is 35.5 Å². The van der Waals surface area contributed by atoms with E-state index < -0.39 is 54.1 Å². The zero-order chi connectivity index (χ0) is 48.5. The minimum absolute atomic E-state index is 0.0335. The minimum atomic E-state index is -1.04. The van der Waals surface area contributed by atoms with Gasteiger partial charge < -0.3 is 29.3 Å². The molecule has 0 radical (unpaired) electrons. The molecule has 0 spiro atoms. The zero-order valence-electron chi connectivity index (χ0n) is 40.8. The number of amides is 3. The van der Waals surface area contributed by atoms with Crippen LogP contribution in [0.2, 0.25) is 0 Å². The van der Waals surface area contributed by atoms with Crippen LogP contribution in [0.5, 0.6) is 0 Å². The summed E-state index contributed by atoms with van der Waals surface area (Å²) >= 11 is 3.16. The van der Waals surface area contributed by atoms with Gasteiger partial charge in [0.15, 0.2) is 11.6 Å². The first-order valence-electron chi connectivity index (χ1n) is 23.5. The summed E-state index contributed by atoms with van der Waals surface area (Å²) in [6, 6.07) is 7.56. The van der Waals surface area contributed by atoms with Crippen LogP contribution in [-0.2, 0) is 49.5 Å². The number of allylic oxidation sites excluding steroid dienone is 1. The average molecular weight is 944 g/mol. The number of aliphatic carboxylic acids is 1. The van der Waals surface area contributed by atoms with Crippen LogP contribution in [0.4, 0.5) is 0 Å². The number of ketones is 3. The molecule has 0 aliphatic carbocycles. The van der Waals surface area contributed by atoms with Gasteiger partial charge in [-0.1, -0.05) is 85.2 Å². The van der Waals surface area contributed by atoms with Gasteiger partial charge >= 0.3 is 5.97 Å². The summed E-state index contributed by atoms with van der Waals surface area (Å²) in [5, 5.41) is 12.7. The highest BCUT2D eigenvalue weighted by Gasteiger charge is 2.44. The number of Topliss-reactive ketones (excluding diaryl/α,β-unsaturated/α-hetero) is 3. The zero-order valence-corrected chi connectivity index (χ0v) is 42.4. The number of hydrogen-bond acceptors (Lipinski definition) is 11. The number of unbranched alkanes of at least 4 members (excludes halogenated alkanes) is 1. The molecule has 2 heterocycles. The van der Waals surface area contributed by atoms with E-state index in [0.717, 1.165) is 15.6 Å². The number of nitrogens with zero attached hydrogens (tertiary/aromatic N) is 3. The van der Waals surface area contributed by atoms with Gasteiger partial charge in [-0.3, -0.25) is 33.6 Å². The Morgan fingerprint density at radius 1 is 0.846 bits per heavy atom. The number of carbonyl (C=O) groups excluding carboxylic acids is 6. The van der Waals surface area contributed by atoms with E-state index in [1.807, 2.05) is 77.3 Å². The van der Waals surface area contributed by atoms with Gasteiger partial charge in [0, 0.05) is 77.5 Å². The molecular weight excluding hydrogens is 867 g/mol. The van der Waals surface area contributed by atoms with Crippen molar-refractivity contribution in [2.24, 2.45) is 35.5 Å². The smallest absolute Gasteiger partial charge is 0.307 e. The van der Waals surface area contributed by atoms with Gasteiger partial charge in [-0.2, -0.15) is 0 Å². The molecule has 0 unspecified atom stereocenters. The number of carboxylic acids is 1. The molecule has 0 saturated carbocycles. The Morgan fingerprint density at radius 3 is 2.06 bits per heavy atom. The number of methoxy groups -OCH3 is 2. The fourth-order valence-corrected chi connectivity index (χ4v) is 11.6. The number of carbonyl (C=O) groups is 7. The van der Waals surface area contributed by atoms with Crippen molar-refractivity contribution in [2.75, 3.05) is 39.9 Å². The van der Waals surface area contributed by atoms with E-state index in [-0.39, 0.29) is 84.9 Å². The minimum Gasteiger partial charge on any atom is -0.481 e. The summed E-state index contributed by atoms with van der Waals surface area (Å²) in [6.45, 7) is 13.9. The van der Waals surface area contributed by atoms with Crippen molar-refractivity contribution in [3.8, 4) is 0 Å². The molecule has 2 aliphatic heterocycles. The lowest BCUT2D eigenvalue weighted by atomic mass is 9.83. The molecule has 13 nitrogen and oxygen atoms in total. The van der Waals surface area contributed by atoms with Gasteiger partial charge in [-0.05, 0) is 60.8 Å². The van der Waals surface area contributed by atoms with Gasteiger partial charge in [0.05, 0.1) is 47.6 Å². The third-order valence-corrected chi connectivity index (χ3v) is 15.8. The lowest BCUT2D eigenvalue weighted by molar-refractivity contribution is -0.150. The van der Waals surface area contributed by atoms with Crippen LogP contribution in [0.25, 0.3) is 0 Å². The maximum Gasteiger partial charge on any atom is 0.307 e. The molecule has 1 N–H and O–H groups in total. The van der Waals surface area contributed by atoms with Crippen molar-refractivity contribution in [3.63, 3.8) is 0 Å². The number of rotatable bonds is 29. The van der Waals surface area contributed by atoms with E-state index in [1.54, 1.807) is 54.3 Å². The second-order valence-corrected chi connectivity index (χ2v) is 21.0. The highest BCUT2D eigenvalue weighted by molar-refractivity contribution is 8.22. The van der Waals surface area contributed by atoms with Crippen LogP contribution in [0.1, 0.15) is 118 Å². The lowest BCUT2D eigenvalue weighted by Gasteiger charge is -2.41. The summed E-state index contributed by atoms with van der Waals surface area (Å²) in [5.74, 6) is -4.73. The molecule has 1 aromatic rings. The van der Waals surface area contributed by atoms with E-state index in [4.69, 9.17) is 9.47 Å². The number of likely N-dealkylation sites (N-methyl/N-ethyl adjacent to an activating group) is 2. The average Bonchev–Trinajstić information content (AvgIpc) is 4.00. The highest BCUT2D eigenvalue weighted by atomic mass is 32.2. The first-order chi connectivity index (χ1) is 30.8. The predicted octanol–water partition coefficient (Wildman–Crippen LogP) is 7.93. The van der Waals surface area contributed by atoms with Crippen molar-refractivity contribution in [1.82, 2.24) is 14.7 Å². The molecule has 0 aromatic heterocycles. The summed E-state index contributed by atoms with van der Waals surface area (Å²) in [6.07, 6.45) is 2.34. The lowest BCUT2D eigenvalue weighted by Crippen LogP contribution is -2.54. The van der Waals surface area contributed by atoms with E-state index in [0.29, 0.717) is 45.1 Å². The third-order valence-electron chi connectivity index (χ3n) is 13.6. The molecule has 2 aliphatic rings. The standard InChI is InChI=1S/C50H77N3O10S2/c1-12-33(6)47(52(9)49(59)37(31(2)3)27-41(56)46(32(4)5)51(8)44(57)23-17-16-22-39(54)43-29-64-30-65-43)42(62-10)28-45(58)53-24-18-21-38(53)48(63-11)34(7)40(55)26-36(50(60)61)25-35-19-14-13-15-20-35/h13-15,19-20,29,31-34,36-38,42,46-48H,12,16-18,21-28,30H2,1-11H3,(H,60,61)/t33-,34-,36+,37-,38-,42+,46-,47-,48+/m0/s1. The SMILES string of the molecule is CC[C@H](C)[C@@H]([C@@H](CC(=O)N1CCC[C@H]1[C@H](OC)[C@@H](C)C(=O)C[C@@H](Cc1ccccc1)C(=O)O)OC)N(C)C(=O)[C@@H](CC(=O)[C@H](C(C)C)N(C)C(=O)CCCCC(=O)C1=CSCS1)C(C)C. The second kappa shape index (κ2) is 27.3. The van der Waals surface area contributed by atoms with Crippen LogP contribution in [-0.4, -0.2) is 131 Å². The second-order valence-electron chi connectivity index (χ2n) is 18.7. The predicted molar refractivity (Wildman–Crippen MR) is 258 cm³/mol. The number of ether oxygens (including phenoxy) is 2. The Labute approximate surface area is 396 Å². The molecule has 3 amide bonds. The van der Waals surface area contributed by atoms with Gasteiger partial charge in [0.2, 0.25) is 17.7 Å².